The molecule has 3 amide bonds. The number of likely N-dealkylation sites (tertiary alicyclic amines) is 1. The summed E-state index contributed by atoms with van der Waals surface area (Å²) in [4.78, 5) is 47.1. The Kier molecular flexibility index (Phi) is 13.0. The summed E-state index contributed by atoms with van der Waals surface area (Å²) < 4.78 is 66.3. The fourth-order valence-corrected chi connectivity index (χ4v) is 10.1. The predicted octanol–water partition coefficient (Wildman–Crippen LogP) is 5.38. The SMILES string of the molecule is COCC1CN(c2ccn3ncc(C(=O)Nc4cn(C5CCC(CN6CC[C@@H](OCC#Cc7cccc8c(C9CCC(=O)NC9=O)nn(C9CC9)c78)[C@@H](F)C6)CC5)nc4C(F)F)c3n2)CCO1. The molecule has 5 aromatic rings. The number of hydrogen-bond donors (Lipinski definition) is 2. The number of anilines is 2. The number of carbonyl (C=O) groups is 3. The maximum Gasteiger partial charge on any atom is 0.284 e. The molecule has 3 aliphatic heterocycles. The number of morpholine rings is 1. The molecule has 0 spiro atoms. The average molecular weight is 926 g/mol. The second-order valence-electron chi connectivity index (χ2n) is 18.3. The van der Waals surface area contributed by atoms with E-state index in [2.05, 4.69) is 37.6 Å². The highest BCUT2D eigenvalue weighted by Crippen LogP contribution is 2.41. The van der Waals surface area contributed by atoms with Crippen LogP contribution in [-0.4, -0.2) is 135 Å². The number of imide groups is 1. The Balaban J connectivity index is 0.711. The van der Waals surface area contributed by atoms with E-state index in [1.165, 1.54) is 16.9 Å². The number of alkyl halides is 3. The van der Waals surface area contributed by atoms with Crippen LogP contribution in [0.2, 0.25) is 0 Å². The van der Waals surface area contributed by atoms with E-state index >= 15 is 4.39 Å². The molecule has 2 N–H and O–H groups in total. The van der Waals surface area contributed by atoms with Crippen molar-refractivity contribution in [2.24, 2.45) is 5.92 Å². The Morgan fingerprint density at radius 2 is 1.87 bits per heavy atom. The molecular formula is C47H54F3N11O6. The summed E-state index contributed by atoms with van der Waals surface area (Å²) in [5.74, 6) is 5.56. The minimum absolute atomic E-state index is 0.0581. The van der Waals surface area contributed by atoms with Gasteiger partial charge in [0.1, 0.15) is 24.2 Å². The highest BCUT2D eigenvalue weighted by molar-refractivity contribution is 6.08. The number of methoxy groups -OCH3 is 1. The molecule has 67 heavy (non-hydrogen) atoms. The van der Waals surface area contributed by atoms with Gasteiger partial charge in [0.25, 0.3) is 12.3 Å². The van der Waals surface area contributed by atoms with Crippen LogP contribution in [0.3, 0.4) is 0 Å². The Hall–Kier alpha value is -5.88. The number of nitrogens with one attached hydrogen (secondary N) is 2. The molecule has 5 aliphatic rings. The molecule has 2 aliphatic carbocycles. The molecule has 2 unspecified atom stereocenters. The summed E-state index contributed by atoms with van der Waals surface area (Å²) in [6, 6.07) is 7.68. The number of ether oxygens (including phenoxy) is 3. The Morgan fingerprint density at radius 1 is 1.03 bits per heavy atom. The molecule has 0 bridgehead atoms. The van der Waals surface area contributed by atoms with Gasteiger partial charge in [0.05, 0.1) is 72.1 Å². The third-order valence-electron chi connectivity index (χ3n) is 13.7. The van der Waals surface area contributed by atoms with Gasteiger partial charge in [-0.25, -0.2) is 22.7 Å². The fourth-order valence-electron chi connectivity index (χ4n) is 10.1. The smallest absolute Gasteiger partial charge is 0.284 e. The van der Waals surface area contributed by atoms with Gasteiger partial charge in [-0.1, -0.05) is 24.0 Å². The third-order valence-corrected chi connectivity index (χ3v) is 13.7. The standard InChI is InChI=1S/C47H54F3N11O6/c1-65-27-32-24-58(19-21-66-32)39-16-18-59-45(53-39)35(22-51-59)47(64)52-37-26-60(55-42(37)44(49)50)30-9-7-28(8-10-30)23-57-17-15-38(36(48)25-57)67-20-3-5-29-4-2-6-33-41(34-13-14-40(62)54-46(34)63)56-61(43(29)33)31-11-12-31/h2,4,6,16,18,22,26,28,30-32,34,36,38,44H,7-15,17,19-21,23-25,27H2,1H3,(H,52,64)(H,54,62,63)/t28?,30?,32?,34?,36-,38+/m0/s1. The zero-order chi connectivity index (χ0) is 46.2. The third kappa shape index (κ3) is 9.64. The van der Waals surface area contributed by atoms with Crippen LogP contribution in [0, 0.1) is 17.8 Å². The fraction of sp³-hybridized carbons (Fsp3) is 0.553. The first-order valence-electron chi connectivity index (χ1n) is 23.3. The molecule has 3 saturated heterocycles. The van der Waals surface area contributed by atoms with E-state index in [-0.39, 0.29) is 60.8 Å². The first-order chi connectivity index (χ1) is 32.6. The second-order valence-corrected chi connectivity index (χ2v) is 18.3. The zero-order valence-corrected chi connectivity index (χ0v) is 37.3. The van der Waals surface area contributed by atoms with Crippen molar-refractivity contribution < 1.29 is 41.8 Å². The van der Waals surface area contributed by atoms with Crippen LogP contribution in [0.4, 0.5) is 24.7 Å². The summed E-state index contributed by atoms with van der Waals surface area (Å²) in [6.07, 6.45) is 6.07. The molecule has 1 aromatic carbocycles. The van der Waals surface area contributed by atoms with E-state index < -0.39 is 36.2 Å². The molecular weight excluding hydrogens is 872 g/mol. The molecule has 20 heteroatoms. The van der Waals surface area contributed by atoms with Gasteiger partial charge in [0, 0.05) is 64.0 Å². The van der Waals surface area contributed by atoms with Crippen molar-refractivity contribution in [1.82, 2.24) is 44.4 Å². The van der Waals surface area contributed by atoms with Gasteiger partial charge in [-0.3, -0.25) is 34.0 Å². The molecule has 7 heterocycles. The van der Waals surface area contributed by atoms with E-state index in [0.717, 1.165) is 48.7 Å². The number of rotatable bonds is 13. The number of fused-ring (bicyclic) bond motifs is 2. The van der Waals surface area contributed by atoms with E-state index in [4.69, 9.17) is 24.3 Å². The first-order valence-corrected chi connectivity index (χ1v) is 23.3. The first kappa shape index (κ1) is 44.9. The van der Waals surface area contributed by atoms with Crippen LogP contribution < -0.4 is 15.5 Å². The molecule has 5 fully saturated rings. The molecule has 354 valence electrons. The number of hydrogen-bond acceptors (Lipinski definition) is 12. The lowest BCUT2D eigenvalue weighted by molar-refractivity contribution is -0.134. The Morgan fingerprint density at radius 3 is 2.64 bits per heavy atom. The quantitative estimate of drug-likeness (QED) is 0.114. The number of halogens is 3. The number of carbonyl (C=O) groups excluding carboxylic acids is 3. The van der Waals surface area contributed by atoms with E-state index in [9.17, 15) is 23.2 Å². The topological polar surface area (TPSA) is 175 Å². The number of benzene rings is 1. The highest BCUT2D eigenvalue weighted by Gasteiger charge is 2.36. The minimum Gasteiger partial charge on any atom is -0.382 e. The van der Waals surface area contributed by atoms with Crippen LogP contribution in [-0.2, 0) is 23.8 Å². The van der Waals surface area contributed by atoms with E-state index in [0.29, 0.717) is 81.6 Å². The number of nitrogens with zero attached hydrogens (tertiary/aromatic N) is 9. The lowest BCUT2D eigenvalue weighted by Gasteiger charge is -2.38. The van der Waals surface area contributed by atoms with Crippen LogP contribution in [0.1, 0.15) is 110 Å². The lowest BCUT2D eigenvalue weighted by atomic mass is 9.85. The van der Waals surface area contributed by atoms with Crippen molar-refractivity contribution in [3.05, 3.63) is 65.4 Å². The van der Waals surface area contributed by atoms with Gasteiger partial charge < -0.3 is 24.4 Å². The molecule has 2 saturated carbocycles. The summed E-state index contributed by atoms with van der Waals surface area (Å²) >= 11 is 0. The van der Waals surface area contributed by atoms with Crippen LogP contribution in [0.5, 0.6) is 0 Å². The maximum atomic E-state index is 15.6. The Labute approximate surface area is 384 Å². The summed E-state index contributed by atoms with van der Waals surface area (Å²) in [5, 5.41) is 19.4. The molecule has 4 aromatic heterocycles. The lowest BCUT2D eigenvalue weighted by Crippen LogP contribution is -2.47. The minimum atomic E-state index is -2.91. The second kappa shape index (κ2) is 19.4. The van der Waals surface area contributed by atoms with Crippen molar-refractivity contribution in [3.63, 3.8) is 0 Å². The van der Waals surface area contributed by atoms with E-state index in [1.54, 1.807) is 24.1 Å². The van der Waals surface area contributed by atoms with Gasteiger partial charge >= 0.3 is 0 Å². The van der Waals surface area contributed by atoms with Gasteiger partial charge in [-0.15, -0.1) is 0 Å². The van der Waals surface area contributed by atoms with Crippen molar-refractivity contribution in [2.45, 2.75) is 101 Å². The summed E-state index contributed by atoms with van der Waals surface area (Å²) in [5.41, 5.74) is 2.18. The molecule has 4 atom stereocenters. The zero-order valence-electron chi connectivity index (χ0n) is 37.3. The number of para-hydroxylation sites is 1. The van der Waals surface area contributed by atoms with Crippen LogP contribution in [0.25, 0.3) is 16.6 Å². The van der Waals surface area contributed by atoms with Crippen molar-refractivity contribution in [1.29, 1.82) is 0 Å². The summed E-state index contributed by atoms with van der Waals surface area (Å²) in [7, 11) is 1.62. The van der Waals surface area contributed by atoms with Crippen LogP contribution in [0.15, 0.2) is 42.9 Å². The summed E-state index contributed by atoms with van der Waals surface area (Å²) in [6.45, 7) is 3.85. The monoisotopic (exact) mass is 925 g/mol. The highest BCUT2D eigenvalue weighted by atomic mass is 19.3. The molecule has 0 radical (unpaired) electrons. The van der Waals surface area contributed by atoms with Gasteiger partial charge in [0.2, 0.25) is 11.8 Å². The average Bonchev–Trinajstić information content (AvgIpc) is 3.75. The van der Waals surface area contributed by atoms with Crippen LogP contribution >= 0.6 is 0 Å². The van der Waals surface area contributed by atoms with Crippen molar-refractivity contribution >= 4 is 45.8 Å². The van der Waals surface area contributed by atoms with Gasteiger partial charge in [-0.05, 0) is 69.4 Å². The number of piperidine rings is 2. The van der Waals surface area contributed by atoms with Crippen molar-refractivity contribution in [2.75, 3.05) is 69.9 Å². The molecule has 17 nitrogen and oxygen atoms in total. The van der Waals surface area contributed by atoms with Gasteiger partial charge in [0.15, 0.2) is 11.3 Å². The largest absolute Gasteiger partial charge is 0.382 e. The molecule has 10 rings (SSSR count). The number of amides is 3. The Bertz CT molecular complexity index is 2700. The van der Waals surface area contributed by atoms with Gasteiger partial charge in [-0.2, -0.15) is 15.3 Å². The predicted molar refractivity (Wildman–Crippen MR) is 239 cm³/mol. The maximum absolute atomic E-state index is 15.6. The normalized spacial score (nSPS) is 25.1. The van der Waals surface area contributed by atoms with Crippen molar-refractivity contribution in [3.8, 4) is 11.8 Å². The van der Waals surface area contributed by atoms with E-state index in [1.807, 2.05) is 27.8 Å². The number of aromatic nitrogens is 7.